The number of hydrogen-bond donors (Lipinski definition) is 6. The molecular formula is C19H34N4O7S2. The van der Waals surface area contributed by atoms with Crippen LogP contribution in [0.1, 0.15) is 33.1 Å². The highest BCUT2D eigenvalue weighted by Crippen LogP contribution is 2.08. The van der Waals surface area contributed by atoms with Crippen LogP contribution in [0.2, 0.25) is 0 Å². The number of nitrogens with two attached hydrogens (primary N) is 1. The molecule has 0 aliphatic rings. The van der Waals surface area contributed by atoms with E-state index in [4.69, 9.17) is 15.9 Å². The van der Waals surface area contributed by atoms with Crippen LogP contribution >= 0.6 is 23.5 Å². The van der Waals surface area contributed by atoms with Gasteiger partial charge in [-0.3, -0.25) is 19.2 Å². The van der Waals surface area contributed by atoms with Crippen molar-refractivity contribution in [2.45, 2.75) is 57.3 Å². The van der Waals surface area contributed by atoms with Gasteiger partial charge >= 0.3 is 11.9 Å². The van der Waals surface area contributed by atoms with E-state index in [-0.39, 0.29) is 0 Å². The van der Waals surface area contributed by atoms with Gasteiger partial charge < -0.3 is 31.9 Å². The second kappa shape index (κ2) is 15.8. The second-order valence-corrected chi connectivity index (χ2v) is 9.43. The third kappa shape index (κ3) is 11.6. The van der Waals surface area contributed by atoms with Crippen molar-refractivity contribution in [1.82, 2.24) is 16.0 Å². The molecule has 7 N–H and O–H groups in total. The molecule has 4 unspecified atom stereocenters. The van der Waals surface area contributed by atoms with Crippen molar-refractivity contribution in [3.8, 4) is 0 Å². The number of hydrogen-bond acceptors (Lipinski definition) is 8. The van der Waals surface area contributed by atoms with Crippen LogP contribution < -0.4 is 21.7 Å². The van der Waals surface area contributed by atoms with Crippen LogP contribution in [0.3, 0.4) is 0 Å². The van der Waals surface area contributed by atoms with Gasteiger partial charge in [0.1, 0.15) is 18.1 Å². The Bertz CT molecular complexity index is 664. The standard InChI is InChI=1S/C19H34N4O7S2/c1-10(2)15(18(28)22-13(19(29)30)9-14(24)25)23-17(27)12(6-8-32-4)21-16(26)11(20)5-7-31-3/h10-13,15H,5-9,20H2,1-4H3,(H,21,26)(H,22,28)(H,23,27)(H,24,25)(H,29,30). The number of carbonyl (C=O) groups is 5. The highest BCUT2D eigenvalue weighted by Gasteiger charge is 2.32. The van der Waals surface area contributed by atoms with Crippen LogP contribution in [0.25, 0.3) is 0 Å². The van der Waals surface area contributed by atoms with E-state index < -0.39 is 66.2 Å². The van der Waals surface area contributed by atoms with Crippen LogP contribution in [0.15, 0.2) is 0 Å². The Kier molecular flexibility index (Phi) is 14.8. The molecule has 0 aromatic rings. The van der Waals surface area contributed by atoms with Gasteiger partial charge in [0.2, 0.25) is 17.7 Å². The van der Waals surface area contributed by atoms with Gasteiger partial charge in [0.25, 0.3) is 0 Å². The number of amides is 3. The molecule has 184 valence electrons. The maximum Gasteiger partial charge on any atom is 0.326 e. The minimum Gasteiger partial charge on any atom is -0.481 e. The fourth-order valence-corrected chi connectivity index (χ4v) is 3.55. The molecule has 0 aromatic heterocycles. The predicted molar refractivity (Wildman–Crippen MR) is 124 cm³/mol. The number of nitrogens with one attached hydrogen (secondary N) is 3. The first-order valence-electron chi connectivity index (χ1n) is 10.0. The minimum absolute atomic E-state index is 0.303. The van der Waals surface area contributed by atoms with E-state index in [0.717, 1.165) is 0 Å². The summed E-state index contributed by atoms with van der Waals surface area (Å²) in [5, 5.41) is 25.3. The molecule has 0 radical (unpaired) electrons. The van der Waals surface area contributed by atoms with Crippen molar-refractivity contribution in [3.63, 3.8) is 0 Å². The quantitative estimate of drug-likeness (QED) is 0.163. The van der Waals surface area contributed by atoms with Crippen molar-refractivity contribution in [2.75, 3.05) is 24.0 Å². The zero-order valence-electron chi connectivity index (χ0n) is 18.8. The molecule has 0 bridgehead atoms. The predicted octanol–water partition coefficient (Wildman–Crippen LogP) is -0.510. The molecule has 0 spiro atoms. The lowest BCUT2D eigenvalue weighted by Crippen LogP contribution is -2.58. The van der Waals surface area contributed by atoms with Gasteiger partial charge in [-0.05, 0) is 42.8 Å². The molecule has 4 atom stereocenters. The Morgan fingerprint density at radius 1 is 0.812 bits per heavy atom. The average molecular weight is 495 g/mol. The largest absolute Gasteiger partial charge is 0.481 e. The van der Waals surface area contributed by atoms with Gasteiger partial charge in [-0.25, -0.2) is 4.79 Å². The molecule has 0 saturated heterocycles. The summed E-state index contributed by atoms with van der Waals surface area (Å²) in [7, 11) is 0. The molecule has 32 heavy (non-hydrogen) atoms. The number of carboxylic acids is 2. The van der Waals surface area contributed by atoms with Gasteiger partial charge in [-0.1, -0.05) is 13.8 Å². The van der Waals surface area contributed by atoms with E-state index in [0.29, 0.717) is 24.3 Å². The summed E-state index contributed by atoms with van der Waals surface area (Å²) >= 11 is 3.03. The molecule has 0 aromatic carbocycles. The van der Waals surface area contributed by atoms with Crippen LogP contribution in [-0.2, 0) is 24.0 Å². The maximum atomic E-state index is 12.9. The van der Waals surface area contributed by atoms with Crippen molar-refractivity contribution < 1.29 is 34.2 Å². The SMILES string of the molecule is CSCCC(N)C(=O)NC(CCSC)C(=O)NC(C(=O)NC(CC(=O)O)C(=O)O)C(C)C. The summed E-state index contributed by atoms with van der Waals surface area (Å²) in [5.74, 6) is -3.97. The van der Waals surface area contributed by atoms with Crippen LogP contribution in [0.4, 0.5) is 0 Å². The first-order valence-corrected chi connectivity index (χ1v) is 12.8. The molecular weight excluding hydrogens is 460 g/mol. The Balaban J connectivity index is 5.34. The zero-order chi connectivity index (χ0) is 24.8. The van der Waals surface area contributed by atoms with Gasteiger partial charge in [0.05, 0.1) is 12.5 Å². The summed E-state index contributed by atoms with van der Waals surface area (Å²) in [6.07, 6.45) is 3.68. The maximum absolute atomic E-state index is 12.9. The van der Waals surface area contributed by atoms with Gasteiger partial charge in [-0.2, -0.15) is 23.5 Å². The summed E-state index contributed by atoms with van der Waals surface area (Å²) < 4.78 is 0. The molecule has 0 aliphatic carbocycles. The first kappa shape index (κ1) is 30.0. The lowest BCUT2D eigenvalue weighted by atomic mass is 10.0. The van der Waals surface area contributed by atoms with Crippen molar-refractivity contribution in [1.29, 1.82) is 0 Å². The van der Waals surface area contributed by atoms with Crippen molar-refractivity contribution >= 4 is 53.2 Å². The third-order valence-electron chi connectivity index (χ3n) is 4.45. The third-order valence-corrected chi connectivity index (χ3v) is 5.74. The zero-order valence-corrected chi connectivity index (χ0v) is 20.4. The minimum atomic E-state index is -1.64. The summed E-state index contributed by atoms with van der Waals surface area (Å²) in [6.45, 7) is 3.29. The summed E-state index contributed by atoms with van der Waals surface area (Å²) in [5.41, 5.74) is 5.87. The highest BCUT2D eigenvalue weighted by atomic mass is 32.2. The molecule has 3 amide bonds. The van der Waals surface area contributed by atoms with Crippen molar-refractivity contribution in [2.24, 2.45) is 11.7 Å². The molecule has 0 aliphatic heterocycles. The first-order chi connectivity index (χ1) is 14.9. The number of rotatable bonds is 16. The van der Waals surface area contributed by atoms with Crippen molar-refractivity contribution in [3.05, 3.63) is 0 Å². The fourth-order valence-electron chi connectivity index (χ4n) is 2.58. The number of thioether (sulfide) groups is 2. The summed E-state index contributed by atoms with van der Waals surface area (Å²) in [6, 6.07) is -4.47. The summed E-state index contributed by atoms with van der Waals surface area (Å²) in [4.78, 5) is 59.9. The smallest absolute Gasteiger partial charge is 0.326 e. The normalized spacial score (nSPS) is 14.7. The molecule has 13 heteroatoms. The monoisotopic (exact) mass is 494 g/mol. The van der Waals surface area contributed by atoms with Gasteiger partial charge in [-0.15, -0.1) is 0 Å². The lowest BCUT2D eigenvalue weighted by Gasteiger charge is -2.27. The Morgan fingerprint density at radius 2 is 1.34 bits per heavy atom. The van der Waals surface area contributed by atoms with E-state index in [1.54, 1.807) is 25.6 Å². The van der Waals surface area contributed by atoms with E-state index >= 15 is 0 Å². The molecule has 0 saturated carbocycles. The van der Waals surface area contributed by atoms with E-state index in [1.165, 1.54) is 11.8 Å². The molecule has 0 heterocycles. The lowest BCUT2D eigenvalue weighted by molar-refractivity contribution is -0.147. The fraction of sp³-hybridized carbons (Fsp3) is 0.737. The van der Waals surface area contributed by atoms with Gasteiger partial charge in [0.15, 0.2) is 0 Å². The van der Waals surface area contributed by atoms with E-state index in [1.807, 2.05) is 12.5 Å². The molecule has 0 fully saturated rings. The van der Waals surface area contributed by atoms with E-state index in [9.17, 15) is 24.0 Å². The Hall–Kier alpha value is -1.99. The molecule has 0 rings (SSSR count). The van der Waals surface area contributed by atoms with Crippen LogP contribution in [0, 0.1) is 5.92 Å². The molecule has 11 nitrogen and oxygen atoms in total. The number of carbonyl (C=O) groups excluding carboxylic acids is 3. The number of aliphatic carboxylic acids is 2. The topological polar surface area (TPSA) is 188 Å². The Morgan fingerprint density at radius 3 is 1.81 bits per heavy atom. The number of carboxylic acid groups (broad SMARTS) is 2. The average Bonchev–Trinajstić information content (AvgIpc) is 2.71. The highest BCUT2D eigenvalue weighted by molar-refractivity contribution is 7.98. The van der Waals surface area contributed by atoms with Gasteiger partial charge in [0, 0.05) is 0 Å². The van der Waals surface area contributed by atoms with Crippen LogP contribution in [0.5, 0.6) is 0 Å². The Labute approximate surface area is 196 Å². The van der Waals surface area contributed by atoms with Crippen LogP contribution in [-0.4, -0.2) is 88.1 Å². The van der Waals surface area contributed by atoms with E-state index in [2.05, 4.69) is 16.0 Å². The second-order valence-electron chi connectivity index (χ2n) is 7.46.